The molecule has 0 saturated carbocycles. The van der Waals surface area contributed by atoms with Crippen molar-refractivity contribution >= 4 is 49.8 Å². The van der Waals surface area contributed by atoms with Crippen molar-refractivity contribution in [3.8, 4) is 33.4 Å². The van der Waals surface area contributed by atoms with Crippen LogP contribution >= 0.6 is 0 Å². The molecule has 0 atom stereocenters. The van der Waals surface area contributed by atoms with Crippen molar-refractivity contribution in [2.75, 3.05) is 4.90 Å². The summed E-state index contributed by atoms with van der Waals surface area (Å²) in [5.41, 5.74) is 12.0. The third kappa shape index (κ3) is 4.83. The molecule has 0 saturated heterocycles. The highest BCUT2D eigenvalue weighted by Gasteiger charge is 2.23. The summed E-state index contributed by atoms with van der Waals surface area (Å²) in [7, 11) is 0. The van der Waals surface area contributed by atoms with Crippen LogP contribution < -0.4 is 4.90 Å². The predicted octanol–water partition coefficient (Wildman–Crippen LogP) is 13.2. The molecule has 0 aliphatic carbocycles. The van der Waals surface area contributed by atoms with Crippen molar-refractivity contribution < 1.29 is 4.42 Å². The van der Waals surface area contributed by atoms with E-state index < -0.39 is 0 Å². The first-order valence-electron chi connectivity index (χ1n) is 16.4. The Morgan fingerprint density at radius 3 is 1.75 bits per heavy atom. The van der Waals surface area contributed by atoms with Crippen LogP contribution in [-0.4, -0.2) is 0 Å². The maximum atomic E-state index is 6.69. The van der Waals surface area contributed by atoms with Crippen LogP contribution in [0.4, 0.5) is 17.1 Å². The van der Waals surface area contributed by atoms with Crippen LogP contribution in [0, 0.1) is 0 Å². The second-order valence-electron chi connectivity index (χ2n) is 12.1. The molecule has 0 bridgehead atoms. The SMILES string of the molecule is c1ccc(-c2cccc(N(c3ccc(-c4ccccc4)cc3-c3ccccc3)c3cccc4oc5c6ccccc6ccc5c34)c2)cc1. The molecule has 9 rings (SSSR count). The van der Waals surface area contributed by atoms with Crippen LogP contribution in [-0.2, 0) is 0 Å². The van der Waals surface area contributed by atoms with Crippen LogP contribution in [0.3, 0.4) is 0 Å². The molecule has 1 heterocycles. The molecule has 0 N–H and O–H groups in total. The van der Waals surface area contributed by atoms with Crippen molar-refractivity contribution in [2.24, 2.45) is 0 Å². The van der Waals surface area contributed by atoms with Crippen LogP contribution in [0.25, 0.3) is 66.1 Å². The predicted molar refractivity (Wildman–Crippen MR) is 202 cm³/mol. The minimum absolute atomic E-state index is 0.866. The normalized spacial score (nSPS) is 11.3. The molecule has 0 unspecified atom stereocenters. The fourth-order valence-electron chi connectivity index (χ4n) is 6.97. The fraction of sp³-hybridized carbons (Fsp3) is 0. The van der Waals surface area contributed by atoms with Crippen LogP contribution in [0.2, 0.25) is 0 Å². The Morgan fingerprint density at radius 2 is 1.00 bits per heavy atom. The molecule has 0 aliphatic rings. The monoisotopic (exact) mass is 613 g/mol. The summed E-state index contributed by atoms with van der Waals surface area (Å²) < 4.78 is 6.69. The zero-order valence-electron chi connectivity index (χ0n) is 26.3. The molecule has 226 valence electrons. The Bertz CT molecular complexity index is 2550. The molecule has 0 amide bonds. The summed E-state index contributed by atoms with van der Waals surface area (Å²) in [6, 6.07) is 66.9. The second-order valence-corrected chi connectivity index (χ2v) is 12.1. The molecule has 8 aromatic carbocycles. The molecule has 1 aromatic heterocycles. The molecule has 9 aromatic rings. The minimum Gasteiger partial charge on any atom is -0.455 e. The third-order valence-electron chi connectivity index (χ3n) is 9.25. The summed E-state index contributed by atoms with van der Waals surface area (Å²) in [6.45, 7) is 0. The molecule has 0 aliphatic heterocycles. The number of anilines is 3. The lowest BCUT2D eigenvalue weighted by molar-refractivity contribution is 0.672. The molecule has 0 fully saturated rings. The molecule has 0 spiro atoms. The summed E-state index contributed by atoms with van der Waals surface area (Å²) in [4.78, 5) is 2.41. The van der Waals surface area contributed by atoms with E-state index >= 15 is 0 Å². The van der Waals surface area contributed by atoms with Gasteiger partial charge in [-0.05, 0) is 75.7 Å². The first-order chi connectivity index (χ1) is 23.8. The molecular weight excluding hydrogens is 583 g/mol. The smallest absolute Gasteiger partial charge is 0.143 e. The van der Waals surface area contributed by atoms with Gasteiger partial charge in [-0.15, -0.1) is 0 Å². The molecule has 48 heavy (non-hydrogen) atoms. The average Bonchev–Trinajstić information content (AvgIpc) is 3.56. The lowest BCUT2D eigenvalue weighted by Gasteiger charge is -2.29. The van der Waals surface area contributed by atoms with E-state index in [0.717, 1.165) is 61.1 Å². The van der Waals surface area contributed by atoms with Crippen molar-refractivity contribution in [2.45, 2.75) is 0 Å². The Hall–Kier alpha value is -6.38. The lowest BCUT2D eigenvalue weighted by atomic mass is 9.95. The highest BCUT2D eigenvalue weighted by atomic mass is 16.3. The van der Waals surface area contributed by atoms with Gasteiger partial charge in [-0.3, -0.25) is 0 Å². The van der Waals surface area contributed by atoms with Gasteiger partial charge in [0.1, 0.15) is 11.2 Å². The highest BCUT2D eigenvalue weighted by molar-refractivity contribution is 6.19. The average molecular weight is 614 g/mol. The standard InChI is InChI=1S/C46H31NO/c1-4-14-32(15-5-1)36-21-12-22-38(30-36)47(42-29-27-37(33-16-6-2-7-17-33)31-41(42)34-18-8-3-9-19-34)43-24-13-25-44-45(43)40-28-26-35-20-10-11-23-39(35)46(40)48-44/h1-31H. The van der Waals surface area contributed by atoms with Gasteiger partial charge in [0.05, 0.1) is 16.8 Å². The number of nitrogens with zero attached hydrogens (tertiary/aromatic N) is 1. The number of hydrogen-bond donors (Lipinski definition) is 0. The van der Waals surface area contributed by atoms with E-state index in [1.165, 1.54) is 22.1 Å². The zero-order chi connectivity index (χ0) is 31.9. The quantitative estimate of drug-likeness (QED) is 0.185. The van der Waals surface area contributed by atoms with E-state index in [-0.39, 0.29) is 0 Å². The minimum atomic E-state index is 0.866. The molecular formula is C46H31NO. The third-order valence-corrected chi connectivity index (χ3v) is 9.25. The van der Waals surface area contributed by atoms with E-state index in [0.29, 0.717) is 0 Å². The van der Waals surface area contributed by atoms with Gasteiger partial charge in [0, 0.05) is 22.0 Å². The number of hydrogen-bond acceptors (Lipinski definition) is 2. The van der Waals surface area contributed by atoms with Crippen LogP contribution in [0.5, 0.6) is 0 Å². The van der Waals surface area contributed by atoms with Gasteiger partial charge in [-0.1, -0.05) is 146 Å². The van der Waals surface area contributed by atoms with E-state index in [9.17, 15) is 0 Å². The van der Waals surface area contributed by atoms with Crippen molar-refractivity contribution in [3.05, 3.63) is 188 Å². The first-order valence-corrected chi connectivity index (χ1v) is 16.4. The summed E-state index contributed by atoms with van der Waals surface area (Å²) in [5.74, 6) is 0. The van der Waals surface area contributed by atoms with E-state index in [4.69, 9.17) is 4.42 Å². The van der Waals surface area contributed by atoms with E-state index in [1.807, 2.05) is 0 Å². The topological polar surface area (TPSA) is 16.4 Å². The largest absolute Gasteiger partial charge is 0.455 e. The van der Waals surface area contributed by atoms with Gasteiger partial charge in [-0.25, -0.2) is 0 Å². The second kappa shape index (κ2) is 11.8. The van der Waals surface area contributed by atoms with Gasteiger partial charge in [0.2, 0.25) is 0 Å². The number of benzene rings is 8. The van der Waals surface area contributed by atoms with Gasteiger partial charge in [0.15, 0.2) is 0 Å². The fourth-order valence-corrected chi connectivity index (χ4v) is 6.97. The summed E-state index contributed by atoms with van der Waals surface area (Å²) in [6.07, 6.45) is 0. The Balaban J connectivity index is 1.35. The molecule has 2 heteroatoms. The number of rotatable bonds is 6. The molecule has 0 radical (unpaired) electrons. The Kier molecular flexibility index (Phi) is 6.84. The maximum Gasteiger partial charge on any atom is 0.143 e. The van der Waals surface area contributed by atoms with Gasteiger partial charge >= 0.3 is 0 Å². The van der Waals surface area contributed by atoms with Crippen molar-refractivity contribution in [3.63, 3.8) is 0 Å². The van der Waals surface area contributed by atoms with Gasteiger partial charge in [-0.2, -0.15) is 0 Å². The Labute approximate surface area is 279 Å². The van der Waals surface area contributed by atoms with Crippen LogP contribution in [0.1, 0.15) is 0 Å². The van der Waals surface area contributed by atoms with E-state index in [1.54, 1.807) is 0 Å². The Morgan fingerprint density at radius 1 is 0.375 bits per heavy atom. The van der Waals surface area contributed by atoms with Crippen molar-refractivity contribution in [1.29, 1.82) is 0 Å². The number of fused-ring (bicyclic) bond motifs is 5. The molecule has 2 nitrogen and oxygen atoms in total. The maximum absolute atomic E-state index is 6.69. The highest BCUT2D eigenvalue weighted by Crippen LogP contribution is 2.48. The van der Waals surface area contributed by atoms with Crippen LogP contribution in [0.15, 0.2) is 192 Å². The number of furan rings is 1. The lowest BCUT2D eigenvalue weighted by Crippen LogP contribution is -2.12. The van der Waals surface area contributed by atoms with E-state index in [2.05, 4.69) is 193 Å². The first kappa shape index (κ1) is 27.9. The van der Waals surface area contributed by atoms with Gasteiger partial charge < -0.3 is 9.32 Å². The zero-order valence-corrected chi connectivity index (χ0v) is 26.3. The van der Waals surface area contributed by atoms with Crippen molar-refractivity contribution in [1.82, 2.24) is 0 Å². The summed E-state index contributed by atoms with van der Waals surface area (Å²) in [5, 5.41) is 4.48. The van der Waals surface area contributed by atoms with Gasteiger partial charge in [0.25, 0.3) is 0 Å². The summed E-state index contributed by atoms with van der Waals surface area (Å²) >= 11 is 0.